The van der Waals surface area contributed by atoms with Crippen LogP contribution < -0.4 is 4.90 Å². The van der Waals surface area contributed by atoms with Crippen LogP contribution in [0.4, 0.5) is 5.69 Å². The lowest BCUT2D eigenvalue weighted by Crippen LogP contribution is -2.38. The first-order valence-electron chi connectivity index (χ1n) is 7.56. The molecule has 5 nitrogen and oxygen atoms in total. The summed E-state index contributed by atoms with van der Waals surface area (Å²) in [6, 6.07) is 3.77. The minimum atomic E-state index is -0.0316. The van der Waals surface area contributed by atoms with Gasteiger partial charge in [0.1, 0.15) is 0 Å². The number of aromatic amines is 1. The summed E-state index contributed by atoms with van der Waals surface area (Å²) in [6.07, 6.45) is 2.60. The third kappa shape index (κ3) is 3.35. The van der Waals surface area contributed by atoms with Gasteiger partial charge in [0, 0.05) is 43.3 Å². The van der Waals surface area contributed by atoms with Crippen LogP contribution in [0.2, 0.25) is 5.02 Å². The maximum absolute atomic E-state index is 12.4. The van der Waals surface area contributed by atoms with Crippen molar-refractivity contribution >= 4 is 34.1 Å². The van der Waals surface area contributed by atoms with Gasteiger partial charge in [-0.25, -0.2) is 0 Å². The van der Waals surface area contributed by atoms with Gasteiger partial charge in [0.25, 0.3) is 0 Å². The van der Waals surface area contributed by atoms with Crippen LogP contribution in [-0.2, 0) is 4.79 Å². The van der Waals surface area contributed by atoms with Gasteiger partial charge in [0.15, 0.2) is 0 Å². The predicted molar refractivity (Wildman–Crippen MR) is 91.5 cm³/mol. The maximum Gasteiger partial charge on any atom is 0.227 e. The largest absolute Gasteiger partial charge is 0.373 e. The van der Waals surface area contributed by atoms with Crippen LogP contribution in [0.1, 0.15) is 20.3 Å². The van der Waals surface area contributed by atoms with Gasteiger partial charge in [0.05, 0.1) is 17.6 Å². The molecule has 0 bridgehead atoms. The van der Waals surface area contributed by atoms with E-state index < -0.39 is 0 Å². The maximum atomic E-state index is 12.4. The second-order valence-electron chi connectivity index (χ2n) is 5.59. The van der Waals surface area contributed by atoms with Gasteiger partial charge >= 0.3 is 0 Å². The highest BCUT2D eigenvalue weighted by atomic mass is 35.5. The summed E-state index contributed by atoms with van der Waals surface area (Å²) in [7, 11) is 3.83. The molecule has 2 aromatic rings. The molecule has 0 spiro atoms. The highest BCUT2D eigenvalue weighted by Crippen LogP contribution is 2.29. The average Bonchev–Trinajstić information content (AvgIpc) is 2.97. The Morgan fingerprint density at radius 3 is 2.73 bits per heavy atom. The molecule has 6 heteroatoms. The van der Waals surface area contributed by atoms with Gasteiger partial charge in [-0.1, -0.05) is 18.5 Å². The summed E-state index contributed by atoms with van der Waals surface area (Å²) in [6.45, 7) is 5.41. The standard InChI is InChI=1S/C16H23ClN4O/c1-5-11(16(22)20(3)6-2)10-21(4)15-8-12(17)7-14-13(15)9-18-19-14/h7-9,11H,5-6,10H2,1-4H3,(H,18,19)/t11-/m1/s1. The second-order valence-corrected chi connectivity index (χ2v) is 6.03. The van der Waals surface area contributed by atoms with E-state index >= 15 is 0 Å². The van der Waals surface area contributed by atoms with Crippen LogP contribution in [0.15, 0.2) is 18.3 Å². The molecule has 0 saturated heterocycles. The van der Waals surface area contributed by atoms with Gasteiger partial charge in [-0.2, -0.15) is 5.10 Å². The van der Waals surface area contributed by atoms with Gasteiger partial charge in [-0.3, -0.25) is 9.89 Å². The van der Waals surface area contributed by atoms with Gasteiger partial charge < -0.3 is 9.80 Å². The Morgan fingerprint density at radius 1 is 1.36 bits per heavy atom. The Bertz CT molecular complexity index is 655. The summed E-state index contributed by atoms with van der Waals surface area (Å²) >= 11 is 6.18. The lowest BCUT2D eigenvalue weighted by Gasteiger charge is -2.28. The molecular formula is C16H23ClN4O. The third-order valence-corrected chi connectivity index (χ3v) is 4.32. The number of H-pyrrole nitrogens is 1. The number of benzene rings is 1. The molecule has 120 valence electrons. The van der Waals surface area contributed by atoms with Crippen molar-refractivity contribution in [2.24, 2.45) is 5.92 Å². The Hall–Kier alpha value is -1.75. The number of hydrogen-bond acceptors (Lipinski definition) is 3. The number of hydrogen-bond donors (Lipinski definition) is 1. The number of fused-ring (bicyclic) bond motifs is 1. The Morgan fingerprint density at radius 2 is 2.09 bits per heavy atom. The Balaban J connectivity index is 2.24. The molecule has 22 heavy (non-hydrogen) atoms. The minimum Gasteiger partial charge on any atom is -0.373 e. The van der Waals surface area contributed by atoms with Crippen LogP contribution in [0.5, 0.6) is 0 Å². The zero-order chi connectivity index (χ0) is 16.3. The summed E-state index contributed by atoms with van der Waals surface area (Å²) in [5, 5.41) is 8.68. The van der Waals surface area contributed by atoms with Crippen molar-refractivity contribution in [2.75, 3.05) is 32.1 Å². The van der Waals surface area contributed by atoms with E-state index in [0.29, 0.717) is 11.6 Å². The number of nitrogens with one attached hydrogen (secondary N) is 1. The summed E-state index contributed by atoms with van der Waals surface area (Å²) in [5.74, 6) is 0.151. The highest BCUT2D eigenvalue weighted by Gasteiger charge is 2.22. The molecular weight excluding hydrogens is 300 g/mol. The summed E-state index contributed by atoms with van der Waals surface area (Å²) < 4.78 is 0. The molecule has 0 radical (unpaired) electrons. The quantitative estimate of drug-likeness (QED) is 0.888. The predicted octanol–water partition coefficient (Wildman–Crippen LogP) is 3.16. The zero-order valence-corrected chi connectivity index (χ0v) is 14.3. The van der Waals surface area contributed by atoms with Crippen molar-refractivity contribution in [3.8, 4) is 0 Å². The smallest absolute Gasteiger partial charge is 0.227 e. The number of anilines is 1. The lowest BCUT2D eigenvalue weighted by molar-refractivity contribution is -0.133. The van der Waals surface area contributed by atoms with E-state index in [0.717, 1.165) is 29.6 Å². The molecule has 0 aliphatic rings. The number of carbonyl (C=O) groups excluding carboxylic acids is 1. The third-order valence-electron chi connectivity index (χ3n) is 4.10. The van der Waals surface area contributed by atoms with Crippen molar-refractivity contribution in [3.05, 3.63) is 23.4 Å². The molecule has 1 atom stereocenters. The van der Waals surface area contributed by atoms with Crippen molar-refractivity contribution < 1.29 is 4.79 Å². The molecule has 2 rings (SSSR count). The molecule has 1 N–H and O–H groups in total. The van der Waals surface area contributed by atoms with Crippen molar-refractivity contribution in [1.82, 2.24) is 15.1 Å². The van der Waals surface area contributed by atoms with Crippen molar-refractivity contribution in [3.63, 3.8) is 0 Å². The van der Waals surface area contributed by atoms with E-state index in [1.807, 2.05) is 40.1 Å². The van der Waals surface area contributed by atoms with E-state index in [1.54, 1.807) is 11.1 Å². The molecule has 0 fully saturated rings. The summed E-state index contributed by atoms with van der Waals surface area (Å²) in [4.78, 5) is 16.3. The fourth-order valence-electron chi connectivity index (χ4n) is 2.59. The van der Waals surface area contributed by atoms with Gasteiger partial charge in [0.2, 0.25) is 5.91 Å². The number of amides is 1. The van der Waals surface area contributed by atoms with E-state index in [1.165, 1.54) is 0 Å². The van der Waals surface area contributed by atoms with Crippen molar-refractivity contribution in [2.45, 2.75) is 20.3 Å². The monoisotopic (exact) mass is 322 g/mol. The molecule has 0 aliphatic heterocycles. The van der Waals surface area contributed by atoms with Crippen molar-refractivity contribution in [1.29, 1.82) is 0 Å². The average molecular weight is 323 g/mol. The Labute approximate surface area is 136 Å². The topological polar surface area (TPSA) is 52.2 Å². The minimum absolute atomic E-state index is 0.0316. The van der Waals surface area contributed by atoms with E-state index in [-0.39, 0.29) is 11.8 Å². The Kier molecular flexibility index (Phi) is 5.29. The molecule has 1 aromatic heterocycles. The van der Waals surface area contributed by atoms with Gasteiger partial charge in [-0.15, -0.1) is 0 Å². The molecule has 1 amide bonds. The fraction of sp³-hybridized carbons (Fsp3) is 0.500. The number of carbonyl (C=O) groups is 1. The molecule has 0 saturated carbocycles. The van der Waals surface area contributed by atoms with Crippen LogP contribution >= 0.6 is 11.6 Å². The number of rotatable bonds is 6. The first-order chi connectivity index (χ1) is 10.5. The zero-order valence-electron chi connectivity index (χ0n) is 13.6. The van der Waals surface area contributed by atoms with E-state index in [9.17, 15) is 4.79 Å². The summed E-state index contributed by atoms with van der Waals surface area (Å²) in [5.41, 5.74) is 1.89. The molecule has 0 aliphatic carbocycles. The first kappa shape index (κ1) is 16.6. The number of nitrogens with zero attached hydrogens (tertiary/aromatic N) is 3. The van der Waals surface area contributed by atoms with E-state index in [2.05, 4.69) is 15.1 Å². The van der Waals surface area contributed by atoms with Crippen LogP contribution in [-0.4, -0.2) is 48.2 Å². The first-order valence-corrected chi connectivity index (χ1v) is 7.94. The highest BCUT2D eigenvalue weighted by molar-refractivity contribution is 6.31. The second kappa shape index (κ2) is 7.01. The molecule has 0 unspecified atom stereocenters. The van der Waals surface area contributed by atoms with E-state index in [4.69, 9.17) is 11.6 Å². The van der Waals surface area contributed by atoms with Gasteiger partial charge in [-0.05, 0) is 25.5 Å². The normalized spacial score (nSPS) is 12.4. The molecule has 1 heterocycles. The SMILES string of the molecule is CC[C@H](CN(C)c1cc(Cl)cc2[nH]ncc12)C(=O)N(C)CC. The molecule has 1 aromatic carbocycles. The van der Waals surface area contributed by atoms with Crippen LogP contribution in [0.25, 0.3) is 10.9 Å². The van der Waals surface area contributed by atoms with Crippen LogP contribution in [0, 0.1) is 5.92 Å². The van der Waals surface area contributed by atoms with Crippen LogP contribution in [0.3, 0.4) is 0 Å². The fourth-order valence-corrected chi connectivity index (χ4v) is 2.80. The number of aromatic nitrogens is 2. The lowest BCUT2D eigenvalue weighted by atomic mass is 10.0. The number of halogens is 1.